The summed E-state index contributed by atoms with van der Waals surface area (Å²) in [4.78, 5) is 29.5. The number of carbonyl (C=O) groups excluding carboxylic acids is 2. The maximum atomic E-state index is 12.6. The smallest absolute Gasteiger partial charge is 0.269 e. The highest BCUT2D eigenvalue weighted by atomic mass is 32.2. The van der Waals surface area contributed by atoms with Gasteiger partial charge in [0.2, 0.25) is 5.16 Å². The van der Waals surface area contributed by atoms with E-state index in [1.807, 2.05) is 79.7 Å². The van der Waals surface area contributed by atoms with Crippen LogP contribution in [0.15, 0.2) is 90.1 Å². The highest BCUT2D eigenvalue weighted by Gasteiger charge is 2.20. The minimum Gasteiger partial charge on any atom is -0.272 e. The van der Waals surface area contributed by atoms with E-state index in [1.54, 1.807) is 19.1 Å². The van der Waals surface area contributed by atoms with E-state index in [1.165, 1.54) is 11.8 Å². The molecule has 0 fully saturated rings. The molecule has 4 aromatic rings. The fourth-order valence-corrected chi connectivity index (χ4v) is 3.87. The van der Waals surface area contributed by atoms with Gasteiger partial charge in [0.25, 0.3) is 11.8 Å². The number of hydrogen-bond acceptors (Lipinski definition) is 6. The Morgan fingerprint density at radius 2 is 1.35 bits per heavy atom. The molecule has 1 atom stereocenters. The molecule has 8 heteroatoms. The summed E-state index contributed by atoms with van der Waals surface area (Å²) in [6.45, 7) is 3.66. The van der Waals surface area contributed by atoms with Crippen LogP contribution < -0.4 is 10.9 Å². The van der Waals surface area contributed by atoms with E-state index in [-0.39, 0.29) is 11.8 Å². The normalized spacial score (nSPS) is 11.5. The van der Waals surface area contributed by atoms with Crippen LogP contribution in [0.4, 0.5) is 0 Å². The number of rotatable bonds is 6. The van der Waals surface area contributed by atoms with Gasteiger partial charge in [-0.25, -0.2) is 4.98 Å². The highest BCUT2D eigenvalue weighted by Crippen LogP contribution is 2.30. The minimum absolute atomic E-state index is 0.367. The van der Waals surface area contributed by atoms with Gasteiger partial charge in [-0.15, -0.1) is 10.2 Å². The Morgan fingerprint density at radius 1 is 0.765 bits per heavy atom. The molecule has 7 nitrogen and oxygen atoms in total. The van der Waals surface area contributed by atoms with Crippen LogP contribution in [0.1, 0.15) is 22.8 Å². The number of nitrogens with one attached hydrogen (secondary N) is 2. The molecule has 0 saturated heterocycles. The third-order valence-corrected chi connectivity index (χ3v) is 5.98. The molecule has 0 unspecified atom stereocenters. The van der Waals surface area contributed by atoms with Gasteiger partial charge in [-0.3, -0.25) is 20.4 Å². The van der Waals surface area contributed by atoms with Gasteiger partial charge < -0.3 is 0 Å². The Bertz CT molecular complexity index is 1280. The summed E-state index contributed by atoms with van der Waals surface area (Å²) in [5.41, 5.74) is 9.58. The average Bonchev–Trinajstić information content (AvgIpc) is 2.88. The summed E-state index contributed by atoms with van der Waals surface area (Å²) in [6.07, 6.45) is 0. The molecule has 0 aliphatic carbocycles. The van der Waals surface area contributed by atoms with Crippen LogP contribution in [0.25, 0.3) is 22.5 Å². The number of thioether (sulfide) groups is 1. The second kappa shape index (κ2) is 10.7. The molecular weight excluding hydrogens is 446 g/mol. The van der Waals surface area contributed by atoms with Crippen molar-refractivity contribution < 1.29 is 9.59 Å². The van der Waals surface area contributed by atoms with Crippen molar-refractivity contribution in [2.24, 2.45) is 0 Å². The molecule has 0 bridgehead atoms. The number of hydrogen-bond donors (Lipinski definition) is 2. The monoisotopic (exact) mass is 469 g/mol. The number of hydrazine groups is 1. The fraction of sp³-hybridized carbons (Fsp3) is 0.115. The lowest BCUT2D eigenvalue weighted by molar-refractivity contribution is -0.121. The third kappa shape index (κ3) is 5.65. The van der Waals surface area contributed by atoms with Crippen molar-refractivity contribution in [2.75, 3.05) is 0 Å². The van der Waals surface area contributed by atoms with Crippen molar-refractivity contribution in [3.05, 3.63) is 96.1 Å². The van der Waals surface area contributed by atoms with Crippen molar-refractivity contribution in [1.82, 2.24) is 26.0 Å². The Balaban J connectivity index is 1.48. The number of aryl methyl sites for hydroxylation is 1. The molecule has 1 aromatic heterocycles. The number of amides is 2. The maximum Gasteiger partial charge on any atom is 0.269 e. The highest BCUT2D eigenvalue weighted by molar-refractivity contribution is 8.00. The summed E-state index contributed by atoms with van der Waals surface area (Å²) >= 11 is 1.17. The first-order chi connectivity index (χ1) is 16.5. The molecule has 2 N–H and O–H groups in total. The van der Waals surface area contributed by atoms with Gasteiger partial charge in [-0.2, -0.15) is 0 Å². The van der Waals surface area contributed by atoms with Crippen molar-refractivity contribution in [3.63, 3.8) is 0 Å². The molecule has 170 valence electrons. The minimum atomic E-state index is -0.564. The zero-order chi connectivity index (χ0) is 23.9. The molecule has 2 amide bonds. The zero-order valence-electron chi connectivity index (χ0n) is 18.7. The van der Waals surface area contributed by atoms with Crippen molar-refractivity contribution in [3.8, 4) is 22.5 Å². The molecular formula is C26H23N5O2S. The average molecular weight is 470 g/mol. The second-order valence-corrected chi connectivity index (χ2v) is 8.90. The Morgan fingerprint density at radius 3 is 1.97 bits per heavy atom. The van der Waals surface area contributed by atoms with E-state index < -0.39 is 5.25 Å². The van der Waals surface area contributed by atoms with E-state index >= 15 is 0 Å². The van der Waals surface area contributed by atoms with Crippen LogP contribution in [0.5, 0.6) is 0 Å². The van der Waals surface area contributed by atoms with E-state index in [9.17, 15) is 9.59 Å². The summed E-state index contributed by atoms with van der Waals surface area (Å²) in [6, 6.07) is 26.5. The largest absolute Gasteiger partial charge is 0.272 e. The number of benzene rings is 3. The zero-order valence-corrected chi connectivity index (χ0v) is 19.5. The van der Waals surface area contributed by atoms with Crippen molar-refractivity contribution >= 4 is 23.6 Å². The van der Waals surface area contributed by atoms with E-state index in [0.717, 1.165) is 16.7 Å². The summed E-state index contributed by atoms with van der Waals surface area (Å²) in [5.74, 6) is -0.760. The topological polar surface area (TPSA) is 96.9 Å². The standard InChI is InChI=1S/C26H23N5O2S/c1-17-13-15-21(16-14-17)25(33)30-29-24(32)18(2)34-26-27-22(19-9-5-3-6-10-19)23(28-31-26)20-11-7-4-8-12-20/h3-16,18H,1-2H3,(H,29,32)(H,30,33)/t18-/m1/s1. The summed E-state index contributed by atoms with van der Waals surface area (Å²) in [5, 5.41) is 8.48. The fourth-order valence-electron chi connectivity index (χ4n) is 3.16. The van der Waals surface area contributed by atoms with E-state index in [4.69, 9.17) is 4.98 Å². The number of aromatic nitrogens is 3. The lowest BCUT2D eigenvalue weighted by Crippen LogP contribution is -2.44. The van der Waals surface area contributed by atoms with Gasteiger partial charge in [0.05, 0.1) is 5.25 Å². The lowest BCUT2D eigenvalue weighted by atomic mass is 10.0. The van der Waals surface area contributed by atoms with Gasteiger partial charge >= 0.3 is 0 Å². The molecule has 0 radical (unpaired) electrons. The van der Waals surface area contributed by atoms with Crippen molar-refractivity contribution in [2.45, 2.75) is 24.3 Å². The van der Waals surface area contributed by atoms with E-state index in [0.29, 0.717) is 22.1 Å². The van der Waals surface area contributed by atoms with Crippen LogP contribution in [0.2, 0.25) is 0 Å². The van der Waals surface area contributed by atoms with E-state index in [2.05, 4.69) is 21.0 Å². The predicted octanol–water partition coefficient (Wildman–Crippen LogP) is 4.46. The summed E-state index contributed by atoms with van der Waals surface area (Å²) < 4.78 is 0. The van der Waals surface area contributed by atoms with Gasteiger partial charge in [0.15, 0.2) is 0 Å². The quantitative estimate of drug-likeness (QED) is 0.320. The molecule has 4 rings (SSSR count). The molecule has 34 heavy (non-hydrogen) atoms. The molecule has 0 aliphatic heterocycles. The summed E-state index contributed by atoms with van der Waals surface area (Å²) in [7, 11) is 0. The van der Waals surface area contributed by atoms with Crippen LogP contribution in [0.3, 0.4) is 0 Å². The third-order valence-electron chi connectivity index (χ3n) is 5.03. The predicted molar refractivity (Wildman–Crippen MR) is 133 cm³/mol. The first-order valence-electron chi connectivity index (χ1n) is 10.7. The van der Waals surface area contributed by atoms with Crippen LogP contribution in [-0.4, -0.2) is 32.2 Å². The second-order valence-electron chi connectivity index (χ2n) is 7.59. The first-order valence-corrected chi connectivity index (χ1v) is 11.6. The first kappa shape index (κ1) is 23.1. The maximum absolute atomic E-state index is 12.6. The molecule has 1 heterocycles. The van der Waals surface area contributed by atoms with Gasteiger partial charge in [0.1, 0.15) is 11.4 Å². The van der Waals surface area contributed by atoms with Gasteiger partial charge in [-0.05, 0) is 26.0 Å². The Hall–Kier alpha value is -4.04. The van der Waals surface area contributed by atoms with Gasteiger partial charge in [0, 0.05) is 16.7 Å². The molecule has 3 aromatic carbocycles. The van der Waals surface area contributed by atoms with Crippen molar-refractivity contribution in [1.29, 1.82) is 0 Å². The van der Waals surface area contributed by atoms with Gasteiger partial charge in [-0.1, -0.05) is 90.1 Å². The Labute approximate surface area is 202 Å². The van der Waals surface area contributed by atoms with Crippen LogP contribution in [-0.2, 0) is 4.79 Å². The number of nitrogens with zero attached hydrogens (tertiary/aromatic N) is 3. The molecule has 0 aliphatic rings. The lowest BCUT2D eigenvalue weighted by Gasteiger charge is -2.13. The Kier molecular flexibility index (Phi) is 7.29. The SMILES string of the molecule is Cc1ccc(C(=O)NNC(=O)[C@@H](C)Sc2nnc(-c3ccccc3)c(-c3ccccc3)n2)cc1. The molecule has 0 spiro atoms. The number of carbonyl (C=O) groups is 2. The molecule has 0 saturated carbocycles. The van der Waals surface area contributed by atoms with Crippen LogP contribution in [0, 0.1) is 6.92 Å². The van der Waals surface area contributed by atoms with Crippen LogP contribution >= 0.6 is 11.8 Å².